The predicted molar refractivity (Wildman–Crippen MR) is 125 cm³/mol. The second-order valence-corrected chi connectivity index (χ2v) is 7.77. The number of aromatic nitrogens is 2. The Kier molecular flexibility index (Phi) is 7.24. The highest BCUT2D eigenvalue weighted by molar-refractivity contribution is 5.79. The van der Waals surface area contributed by atoms with Crippen LogP contribution in [0, 0.1) is 5.92 Å². The summed E-state index contributed by atoms with van der Waals surface area (Å²) in [5.41, 5.74) is 0.959. The molecule has 1 aliphatic heterocycles. The van der Waals surface area contributed by atoms with Crippen LogP contribution in [0.5, 0.6) is 23.1 Å². The van der Waals surface area contributed by atoms with Crippen LogP contribution in [-0.4, -0.2) is 43.2 Å². The van der Waals surface area contributed by atoms with Crippen molar-refractivity contribution < 1.29 is 19.0 Å². The molecule has 0 radical (unpaired) electrons. The van der Waals surface area contributed by atoms with E-state index in [-0.39, 0.29) is 11.8 Å². The molecule has 2 heterocycles. The van der Waals surface area contributed by atoms with Crippen LogP contribution in [0.3, 0.4) is 0 Å². The average Bonchev–Trinajstić information content (AvgIpc) is 2.88. The lowest BCUT2D eigenvalue weighted by Crippen LogP contribution is -2.40. The number of hydrogen-bond acceptors (Lipinski definition) is 7. The molecule has 1 aliphatic rings. The second kappa shape index (κ2) is 10.7. The van der Waals surface area contributed by atoms with Crippen molar-refractivity contribution in [1.29, 1.82) is 0 Å². The normalized spacial score (nSPS) is 13.9. The van der Waals surface area contributed by atoms with Gasteiger partial charge in [-0.15, -0.1) is 0 Å². The zero-order valence-electron chi connectivity index (χ0n) is 18.9. The Morgan fingerprint density at radius 1 is 1.00 bits per heavy atom. The molecule has 0 aliphatic carbocycles. The maximum atomic E-state index is 12.8. The summed E-state index contributed by atoms with van der Waals surface area (Å²) in [6.45, 7) is 1.86. The molecule has 2 aromatic carbocycles. The lowest BCUT2D eigenvalue weighted by Gasteiger charge is -2.32. The molecule has 172 valence electrons. The lowest BCUT2D eigenvalue weighted by molar-refractivity contribution is -0.125. The number of methoxy groups -OCH3 is 2. The summed E-state index contributed by atoms with van der Waals surface area (Å²) >= 11 is 0. The molecule has 0 unspecified atom stereocenters. The molecule has 1 aromatic heterocycles. The number of ether oxygens (including phenoxy) is 3. The maximum Gasteiger partial charge on any atom is 0.263 e. The van der Waals surface area contributed by atoms with Crippen molar-refractivity contribution >= 4 is 11.7 Å². The van der Waals surface area contributed by atoms with Crippen LogP contribution in [-0.2, 0) is 11.3 Å². The molecule has 1 saturated heterocycles. The smallest absolute Gasteiger partial charge is 0.263 e. The Hall–Kier alpha value is -3.81. The summed E-state index contributed by atoms with van der Waals surface area (Å²) in [5.74, 6) is 3.21. The molecule has 0 spiro atoms. The van der Waals surface area contributed by atoms with Crippen molar-refractivity contribution in [2.24, 2.45) is 5.92 Å². The van der Waals surface area contributed by atoms with Crippen molar-refractivity contribution in [3.05, 3.63) is 66.5 Å². The number of para-hydroxylation sites is 1. The van der Waals surface area contributed by atoms with Crippen LogP contribution in [0.2, 0.25) is 0 Å². The van der Waals surface area contributed by atoms with Crippen LogP contribution in [0.1, 0.15) is 18.4 Å². The van der Waals surface area contributed by atoms with Gasteiger partial charge < -0.3 is 24.4 Å². The number of carbonyl (C=O) groups is 1. The van der Waals surface area contributed by atoms with Gasteiger partial charge in [-0.25, -0.2) is 9.97 Å². The molecule has 1 N–H and O–H groups in total. The summed E-state index contributed by atoms with van der Waals surface area (Å²) in [7, 11) is 3.20. The minimum Gasteiger partial charge on any atom is -0.493 e. The molecule has 0 atom stereocenters. The van der Waals surface area contributed by atoms with E-state index in [9.17, 15) is 4.79 Å². The highest BCUT2D eigenvalue weighted by atomic mass is 16.5. The van der Waals surface area contributed by atoms with E-state index in [0.717, 1.165) is 18.4 Å². The van der Waals surface area contributed by atoms with Crippen molar-refractivity contribution in [2.75, 3.05) is 32.2 Å². The SMILES string of the molecule is COc1ccc(CNC(=O)C2CCN(c3nccnc3Oc3ccccc3)CC2)cc1OC. The first-order valence-electron chi connectivity index (χ1n) is 11.0. The highest BCUT2D eigenvalue weighted by Crippen LogP contribution is 2.31. The second-order valence-electron chi connectivity index (χ2n) is 7.77. The number of piperidine rings is 1. The molecule has 1 fully saturated rings. The van der Waals surface area contributed by atoms with E-state index in [2.05, 4.69) is 20.2 Å². The zero-order valence-corrected chi connectivity index (χ0v) is 18.9. The van der Waals surface area contributed by atoms with Crippen LogP contribution >= 0.6 is 0 Å². The van der Waals surface area contributed by atoms with Gasteiger partial charge in [0.2, 0.25) is 5.91 Å². The number of rotatable bonds is 8. The van der Waals surface area contributed by atoms with Gasteiger partial charge in [-0.1, -0.05) is 24.3 Å². The Morgan fingerprint density at radius 2 is 1.73 bits per heavy atom. The summed E-state index contributed by atoms with van der Waals surface area (Å²) in [4.78, 5) is 23.7. The van der Waals surface area contributed by atoms with Crippen molar-refractivity contribution in [3.63, 3.8) is 0 Å². The fraction of sp³-hybridized carbons (Fsp3) is 0.320. The molecule has 0 saturated carbocycles. The Balaban J connectivity index is 1.32. The molecule has 8 nitrogen and oxygen atoms in total. The predicted octanol–water partition coefficient (Wildman–Crippen LogP) is 3.82. The van der Waals surface area contributed by atoms with Gasteiger partial charge in [-0.05, 0) is 42.7 Å². The number of anilines is 1. The number of carbonyl (C=O) groups excluding carboxylic acids is 1. The number of nitrogens with zero attached hydrogens (tertiary/aromatic N) is 3. The van der Waals surface area contributed by atoms with Gasteiger partial charge in [0.15, 0.2) is 17.3 Å². The lowest BCUT2D eigenvalue weighted by atomic mass is 9.96. The van der Waals surface area contributed by atoms with E-state index < -0.39 is 0 Å². The summed E-state index contributed by atoms with van der Waals surface area (Å²) < 4.78 is 16.5. The number of hydrogen-bond donors (Lipinski definition) is 1. The summed E-state index contributed by atoms with van der Waals surface area (Å²) in [6.07, 6.45) is 4.75. The Bertz CT molecular complexity index is 1070. The van der Waals surface area contributed by atoms with E-state index in [1.165, 1.54) is 0 Å². The van der Waals surface area contributed by atoms with Crippen LogP contribution < -0.4 is 24.4 Å². The first kappa shape index (κ1) is 22.4. The fourth-order valence-corrected chi connectivity index (χ4v) is 3.88. The fourth-order valence-electron chi connectivity index (χ4n) is 3.88. The molecule has 4 rings (SSSR count). The standard InChI is InChI=1S/C25H28N4O4/c1-31-21-9-8-18(16-22(21)32-2)17-28-24(30)19-10-14-29(15-11-19)23-25(27-13-12-26-23)33-20-6-4-3-5-7-20/h3-9,12-13,16,19H,10-11,14-15,17H2,1-2H3,(H,28,30). The minimum atomic E-state index is -0.0449. The van der Waals surface area contributed by atoms with Crippen LogP contribution in [0.4, 0.5) is 5.82 Å². The topological polar surface area (TPSA) is 85.8 Å². The molecule has 8 heteroatoms. The summed E-state index contributed by atoms with van der Waals surface area (Å²) in [6, 6.07) is 15.2. The third-order valence-corrected chi connectivity index (χ3v) is 5.68. The molecular formula is C25H28N4O4. The van der Waals surface area contributed by atoms with Gasteiger partial charge in [-0.3, -0.25) is 4.79 Å². The van der Waals surface area contributed by atoms with Crippen molar-refractivity contribution in [2.45, 2.75) is 19.4 Å². The quantitative estimate of drug-likeness (QED) is 0.561. The van der Waals surface area contributed by atoms with Gasteiger partial charge >= 0.3 is 0 Å². The monoisotopic (exact) mass is 448 g/mol. The van der Waals surface area contributed by atoms with E-state index >= 15 is 0 Å². The van der Waals surface area contributed by atoms with E-state index in [4.69, 9.17) is 14.2 Å². The molecule has 0 bridgehead atoms. The van der Waals surface area contributed by atoms with Gasteiger partial charge in [0.05, 0.1) is 14.2 Å². The third kappa shape index (κ3) is 5.52. The summed E-state index contributed by atoms with van der Waals surface area (Å²) in [5, 5.41) is 3.05. The van der Waals surface area contributed by atoms with Gasteiger partial charge in [0.25, 0.3) is 5.88 Å². The van der Waals surface area contributed by atoms with E-state index in [1.807, 2.05) is 48.5 Å². The number of nitrogens with one attached hydrogen (secondary N) is 1. The van der Waals surface area contributed by atoms with Gasteiger partial charge in [-0.2, -0.15) is 0 Å². The zero-order chi connectivity index (χ0) is 23.0. The van der Waals surface area contributed by atoms with Crippen molar-refractivity contribution in [1.82, 2.24) is 15.3 Å². The maximum absolute atomic E-state index is 12.8. The number of benzene rings is 2. The largest absolute Gasteiger partial charge is 0.493 e. The highest BCUT2D eigenvalue weighted by Gasteiger charge is 2.27. The molecule has 33 heavy (non-hydrogen) atoms. The average molecular weight is 449 g/mol. The van der Waals surface area contributed by atoms with Gasteiger partial charge in [0.1, 0.15) is 5.75 Å². The minimum absolute atomic E-state index is 0.0449. The van der Waals surface area contributed by atoms with Crippen molar-refractivity contribution in [3.8, 4) is 23.1 Å². The van der Waals surface area contributed by atoms with Crippen LogP contribution in [0.15, 0.2) is 60.9 Å². The third-order valence-electron chi connectivity index (χ3n) is 5.68. The Labute approximate surface area is 193 Å². The molecular weight excluding hydrogens is 420 g/mol. The van der Waals surface area contributed by atoms with E-state index in [0.29, 0.717) is 48.6 Å². The van der Waals surface area contributed by atoms with Gasteiger partial charge in [0, 0.05) is 37.9 Å². The van der Waals surface area contributed by atoms with Crippen LogP contribution in [0.25, 0.3) is 0 Å². The molecule has 3 aromatic rings. The Morgan fingerprint density at radius 3 is 2.45 bits per heavy atom. The molecule has 1 amide bonds. The van der Waals surface area contributed by atoms with E-state index in [1.54, 1.807) is 26.6 Å². The first-order chi connectivity index (χ1) is 16.2. The number of amides is 1. The first-order valence-corrected chi connectivity index (χ1v) is 11.0.